The lowest BCUT2D eigenvalue weighted by Gasteiger charge is -2.09. The Kier molecular flexibility index (Phi) is 3.05. The molecule has 0 atom stereocenters. The normalized spacial score (nSPS) is 18.8. The average Bonchev–Trinajstić information content (AvgIpc) is 2.08. The summed E-state index contributed by atoms with van der Waals surface area (Å²) >= 11 is 0. The molecule has 0 unspecified atom stereocenters. The molecule has 0 radical (unpaired) electrons. The molecule has 5 heteroatoms. The maximum atomic E-state index is 8.82. The minimum absolute atomic E-state index is 0.264. The summed E-state index contributed by atoms with van der Waals surface area (Å²) in [5, 5.41) is 27.9. The van der Waals surface area contributed by atoms with Crippen LogP contribution in [0.5, 0.6) is 0 Å². The predicted molar refractivity (Wildman–Crippen MR) is 52.3 cm³/mol. The fraction of sp³-hybridized carbons (Fsp3) is 0.125. The van der Waals surface area contributed by atoms with Crippen LogP contribution in [0.25, 0.3) is 0 Å². The lowest BCUT2D eigenvalue weighted by molar-refractivity contribution is 0.420. The fourth-order valence-electron chi connectivity index (χ4n) is 1.02. The van der Waals surface area contributed by atoms with Gasteiger partial charge in [-0.3, -0.25) is 0 Å². The van der Waals surface area contributed by atoms with Gasteiger partial charge in [-0.15, -0.1) is 0 Å². The van der Waals surface area contributed by atoms with Gasteiger partial charge in [0, 0.05) is 18.8 Å². The van der Waals surface area contributed by atoms with Gasteiger partial charge in [0.1, 0.15) is 0 Å². The second kappa shape index (κ2) is 4.07. The maximum absolute atomic E-state index is 8.82. The number of hydrogen-bond acceptors (Lipinski definition) is 4. The van der Waals surface area contributed by atoms with Gasteiger partial charge in [0.05, 0.1) is 5.71 Å². The van der Waals surface area contributed by atoms with Crippen LogP contribution in [0.1, 0.15) is 0 Å². The number of hydrogen-bond donors (Lipinski definition) is 4. The minimum atomic E-state index is -1.51. The predicted octanol–water partition coefficient (Wildman–Crippen LogP) is -0.382. The van der Waals surface area contributed by atoms with Crippen molar-refractivity contribution >= 4 is 12.8 Å². The van der Waals surface area contributed by atoms with Crippen LogP contribution in [-0.4, -0.2) is 29.9 Å². The van der Waals surface area contributed by atoms with E-state index in [1.54, 1.807) is 25.4 Å². The molecule has 0 heterocycles. The zero-order chi connectivity index (χ0) is 9.84. The molecule has 0 spiro atoms. The quantitative estimate of drug-likeness (QED) is 0.435. The van der Waals surface area contributed by atoms with E-state index in [4.69, 9.17) is 15.5 Å². The number of allylic oxidation sites excluding steroid dienone is 5. The van der Waals surface area contributed by atoms with Crippen molar-refractivity contribution in [3.05, 3.63) is 35.5 Å². The Morgan fingerprint density at radius 1 is 1.46 bits per heavy atom. The third-order valence-electron chi connectivity index (χ3n) is 1.68. The Bertz CT molecular complexity index is 305. The van der Waals surface area contributed by atoms with E-state index in [1.165, 1.54) is 6.08 Å². The van der Waals surface area contributed by atoms with E-state index < -0.39 is 7.12 Å². The monoisotopic (exact) mass is 178 g/mol. The first kappa shape index (κ1) is 9.76. The Morgan fingerprint density at radius 3 is 2.62 bits per heavy atom. The molecule has 0 fully saturated rings. The van der Waals surface area contributed by atoms with Crippen molar-refractivity contribution in [3.63, 3.8) is 0 Å². The molecule has 1 aliphatic rings. The first-order chi connectivity index (χ1) is 6.15. The molecule has 0 aromatic carbocycles. The molecular weight excluding hydrogens is 167 g/mol. The largest absolute Gasteiger partial charge is 0.488 e. The Hall–Kier alpha value is -1.33. The molecule has 0 saturated carbocycles. The molecule has 0 saturated heterocycles. The topological polar surface area (TPSA) is 76.3 Å². The summed E-state index contributed by atoms with van der Waals surface area (Å²) in [5.41, 5.74) is 1.31. The van der Waals surface area contributed by atoms with Crippen molar-refractivity contribution < 1.29 is 10.0 Å². The lowest BCUT2D eigenvalue weighted by Crippen LogP contribution is -2.18. The van der Waals surface area contributed by atoms with Crippen LogP contribution in [-0.2, 0) is 0 Å². The van der Waals surface area contributed by atoms with Gasteiger partial charge in [0.2, 0.25) is 0 Å². The van der Waals surface area contributed by atoms with Crippen molar-refractivity contribution in [1.82, 2.24) is 5.32 Å². The highest BCUT2D eigenvalue weighted by Crippen LogP contribution is 2.12. The van der Waals surface area contributed by atoms with E-state index in [-0.39, 0.29) is 5.71 Å². The number of rotatable bonds is 2. The first-order valence-electron chi connectivity index (χ1n) is 3.87. The molecule has 0 aromatic heterocycles. The summed E-state index contributed by atoms with van der Waals surface area (Å²) < 4.78 is 0. The van der Waals surface area contributed by atoms with Gasteiger partial charge in [-0.25, -0.2) is 0 Å². The second-order valence-electron chi connectivity index (χ2n) is 2.65. The lowest BCUT2D eigenvalue weighted by atomic mass is 9.76. The van der Waals surface area contributed by atoms with Crippen molar-refractivity contribution in [1.29, 1.82) is 5.41 Å². The summed E-state index contributed by atoms with van der Waals surface area (Å²) in [6.07, 6.45) is 6.34. The summed E-state index contributed by atoms with van der Waals surface area (Å²) in [6.45, 7) is 0. The van der Waals surface area contributed by atoms with Crippen LogP contribution in [0.3, 0.4) is 0 Å². The number of nitrogens with one attached hydrogen (secondary N) is 2. The van der Waals surface area contributed by atoms with Gasteiger partial charge in [-0.2, -0.15) is 0 Å². The summed E-state index contributed by atoms with van der Waals surface area (Å²) in [6, 6.07) is 0. The smallest absolute Gasteiger partial charge is 0.423 e. The summed E-state index contributed by atoms with van der Waals surface area (Å²) in [7, 11) is 0.238. The second-order valence-corrected chi connectivity index (χ2v) is 2.65. The Balaban J connectivity index is 2.85. The van der Waals surface area contributed by atoms with E-state index in [2.05, 4.69) is 5.32 Å². The van der Waals surface area contributed by atoms with Gasteiger partial charge >= 0.3 is 7.12 Å². The standard InChI is InChI=1S/C8H11BN2O2/c1-11-5-6-2-3-7(9(12)13)4-8(6)10/h2-5,10-13H,1H3/b6-5-,10-8?. The van der Waals surface area contributed by atoms with Crippen LogP contribution in [0.2, 0.25) is 0 Å². The van der Waals surface area contributed by atoms with E-state index in [0.29, 0.717) is 11.0 Å². The maximum Gasteiger partial charge on any atom is 0.488 e. The van der Waals surface area contributed by atoms with Crippen molar-refractivity contribution in [3.8, 4) is 0 Å². The zero-order valence-corrected chi connectivity index (χ0v) is 7.28. The first-order valence-corrected chi connectivity index (χ1v) is 3.87. The van der Waals surface area contributed by atoms with Crippen LogP contribution in [0, 0.1) is 5.41 Å². The van der Waals surface area contributed by atoms with E-state index in [0.717, 1.165) is 0 Å². The van der Waals surface area contributed by atoms with Crippen LogP contribution < -0.4 is 5.32 Å². The summed E-state index contributed by atoms with van der Waals surface area (Å²) in [5.74, 6) is 0. The Morgan fingerprint density at radius 2 is 2.15 bits per heavy atom. The van der Waals surface area contributed by atoms with Gasteiger partial charge in [0.25, 0.3) is 0 Å². The SMILES string of the molecule is CN/C=C1/C=CC(B(O)O)=CC1=N. The Labute approximate surface area is 76.9 Å². The molecular formula is C8H11BN2O2. The van der Waals surface area contributed by atoms with Crippen molar-refractivity contribution in [2.75, 3.05) is 7.05 Å². The van der Waals surface area contributed by atoms with Gasteiger partial charge in [-0.05, 0) is 11.5 Å². The fourth-order valence-corrected chi connectivity index (χ4v) is 1.02. The molecule has 0 amide bonds. The van der Waals surface area contributed by atoms with Crippen molar-refractivity contribution in [2.45, 2.75) is 0 Å². The molecule has 1 rings (SSSR count). The molecule has 0 aromatic rings. The van der Waals surface area contributed by atoms with Crippen LogP contribution in [0.4, 0.5) is 0 Å². The molecule has 4 nitrogen and oxygen atoms in total. The molecule has 1 aliphatic carbocycles. The average molecular weight is 178 g/mol. The molecule has 0 bridgehead atoms. The highest BCUT2D eigenvalue weighted by Gasteiger charge is 2.16. The third-order valence-corrected chi connectivity index (χ3v) is 1.68. The van der Waals surface area contributed by atoms with E-state index >= 15 is 0 Å². The third kappa shape index (κ3) is 2.30. The van der Waals surface area contributed by atoms with Gasteiger partial charge in [0.15, 0.2) is 0 Å². The van der Waals surface area contributed by atoms with E-state index in [9.17, 15) is 0 Å². The van der Waals surface area contributed by atoms with Crippen LogP contribution >= 0.6 is 0 Å². The van der Waals surface area contributed by atoms with Crippen LogP contribution in [0.15, 0.2) is 35.5 Å². The molecule has 13 heavy (non-hydrogen) atoms. The van der Waals surface area contributed by atoms with Gasteiger partial charge in [-0.1, -0.05) is 12.2 Å². The van der Waals surface area contributed by atoms with Crippen molar-refractivity contribution in [2.24, 2.45) is 0 Å². The zero-order valence-electron chi connectivity index (χ0n) is 7.28. The molecule has 4 N–H and O–H groups in total. The van der Waals surface area contributed by atoms with E-state index in [1.807, 2.05) is 0 Å². The summed E-state index contributed by atoms with van der Waals surface area (Å²) in [4.78, 5) is 0. The molecule has 0 aliphatic heterocycles. The minimum Gasteiger partial charge on any atom is -0.423 e. The highest BCUT2D eigenvalue weighted by atomic mass is 16.4. The molecule has 68 valence electrons. The highest BCUT2D eigenvalue weighted by molar-refractivity contribution is 6.53. The van der Waals surface area contributed by atoms with Gasteiger partial charge < -0.3 is 20.8 Å².